The molecule has 4 rings (SSSR count). The van der Waals surface area contributed by atoms with Crippen LogP contribution in [0, 0.1) is 0 Å². The predicted molar refractivity (Wildman–Crippen MR) is 106 cm³/mol. The molecular weight excluding hydrogens is 385 g/mol. The molecule has 0 bridgehead atoms. The maximum Gasteiger partial charge on any atom is 0.168 e. The van der Waals surface area contributed by atoms with Gasteiger partial charge in [0.25, 0.3) is 0 Å². The second kappa shape index (κ2) is 6.98. The van der Waals surface area contributed by atoms with E-state index in [4.69, 9.17) is 23.2 Å². The average molecular weight is 398 g/mol. The van der Waals surface area contributed by atoms with Crippen molar-refractivity contribution >= 4 is 51.5 Å². The molecule has 8 heteroatoms. The SMILES string of the molecule is CC(=O)c1ccc(Nc2ncnc3c2cnn3-c2ccc(Cl)c(Cl)c2)cc1. The van der Waals surface area contributed by atoms with Gasteiger partial charge in [-0.25, -0.2) is 14.6 Å². The zero-order valence-electron chi connectivity index (χ0n) is 14.1. The van der Waals surface area contributed by atoms with Crippen LogP contribution in [0.5, 0.6) is 0 Å². The molecule has 2 aromatic carbocycles. The number of carbonyl (C=O) groups is 1. The van der Waals surface area contributed by atoms with E-state index in [1.807, 2.05) is 18.2 Å². The summed E-state index contributed by atoms with van der Waals surface area (Å²) in [7, 11) is 0. The van der Waals surface area contributed by atoms with Crippen molar-refractivity contribution in [2.75, 3.05) is 5.32 Å². The van der Waals surface area contributed by atoms with E-state index in [0.717, 1.165) is 16.8 Å². The molecule has 6 nitrogen and oxygen atoms in total. The van der Waals surface area contributed by atoms with Gasteiger partial charge in [-0.3, -0.25) is 4.79 Å². The van der Waals surface area contributed by atoms with E-state index in [9.17, 15) is 4.79 Å². The normalized spacial score (nSPS) is 10.9. The summed E-state index contributed by atoms with van der Waals surface area (Å²) in [6.45, 7) is 1.54. The van der Waals surface area contributed by atoms with Crippen molar-refractivity contribution in [1.82, 2.24) is 19.7 Å². The molecule has 0 saturated heterocycles. The Morgan fingerprint density at radius 2 is 1.81 bits per heavy atom. The Kier molecular flexibility index (Phi) is 4.51. The zero-order valence-corrected chi connectivity index (χ0v) is 15.7. The number of nitrogens with zero attached hydrogens (tertiary/aromatic N) is 4. The van der Waals surface area contributed by atoms with Gasteiger partial charge in [-0.1, -0.05) is 23.2 Å². The molecule has 0 atom stereocenters. The maximum atomic E-state index is 11.4. The number of Topliss-reactive ketones (excluding diaryl/α,β-unsaturated/α-hetero) is 1. The second-order valence-electron chi connectivity index (χ2n) is 5.87. The Morgan fingerprint density at radius 1 is 1.04 bits per heavy atom. The Morgan fingerprint density at radius 3 is 2.52 bits per heavy atom. The number of halogens is 2. The zero-order chi connectivity index (χ0) is 19.0. The quantitative estimate of drug-likeness (QED) is 0.486. The Bertz CT molecular complexity index is 1150. The van der Waals surface area contributed by atoms with Crippen LogP contribution < -0.4 is 5.32 Å². The molecule has 1 N–H and O–H groups in total. The lowest BCUT2D eigenvalue weighted by Crippen LogP contribution is -2.00. The fourth-order valence-electron chi connectivity index (χ4n) is 2.67. The minimum Gasteiger partial charge on any atom is -0.340 e. The van der Waals surface area contributed by atoms with Crippen LogP contribution in [0.15, 0.2) is 55.0 Å². The van der Waals surface area contributed by atoms with Crippen LogP contribution in [-0.4, -0.2) is 25.5 Å². The number of ketones is 1. The minimum atomic E-state index is 0.0221. The molecule has 0 fully saturated rings. The highest BCUT2D eigenvalue weighted by atomic mass is 35.5. The highest BCUT2D eigenvalue weighted by Crippen LogP contribution is 2.28. The van der Waals surface area contributed by atoms with E-state index in [1.165, 1.54) is 13.3 Å². The van der Waals surface area contributed by atoms with Crippen LogP contribution in [0.4, 0.5) is 11.5 Å². The van der Waals surface area contributed by atoms with Crippen molar-refractivity contribution in [2.45, 2.75) is 6.92 Å². The molecule has 4 aromatic rings. The first-order valence-electron chi connectivity index (χ1n) is 8.05. The minimum absolute atomic E-state index is 0.0221. The third kappa shape index (κ3) is 3.37. The number of anilines is 2. The van der Waals surface area contributed by atoms with Crippen molar-refractivity contribution < 1.29 is 4.79 Å². The highest BCUT2D eigenvalue weighted by molar-refractivity contribution is 6.42. The topological polar surface area (TPSA) is 72.7 Å². The molecule has 0 unspecified atom stereocenters. The van der Waals surface area contributed by atoms with Gasteiger partial charge < -0.3 is 5.32 Å². The van der Waals surface area contributed by atoms with Crippen LogP contribution in [0.1, 0.15) is 17.3 Å². The van der Waals surface area contributed by atoms with Crippen molar-refractivity contribution in [2.24, 2.45) is 0 Å². The van der Waals surface area contributed by atoms with E-state index in [-0.39, 0.29) is 5.78 Å². The number of rotatable bonds is 4. The molecule has 0 radical (unpaired) electrons. The fourth-order valence-corrected chi connectivity index (χ4v) is 2.97. The molecule has 2 aromatic heterocycles. The number of nitrogens with one attached hydrogen (secondary N) is 1. The van der Waals surface area contributed by atoms with Crippen LogP contribution in [-0.2, 0) is 0 Å². The molecule has 0 aliphatic carbocycles. The van der Waals surface area contributed by atoms with E-state index in [1.54, 1.807) is 35.1 Å². The van der Waals surface area contributed by atoms with Gasteiger partial charge in [-0.15, -0.1) is 0 Å². The molecule has 27 heavy (non-hydrogen) atoms. The number of carbonyl (C=O) groups excluding carboxylic acids is 1. The predicted octanol–water partition coefficient (Wildman–Crippen LogP) is 5.07. The van der Waals surface area contributed by atoms with Gasteiger partial charge in [0, 0.05) is 11.3 Å². The summed E-state index contributed by atoms with van der Waals surface area (Å²) < 4.78 is 1.67. The van der Waals surface area contributed by atoms with Crippen molar-refractivity contribution in [1.29, 1.82) is 0 Å². The highest BCUT2D eigenvalue weighted by Gasteiger charge is 2.12. The third-order valence-corrected chi connectivity index (χ3v) is 4.81. The van der Waals surface area contributed by atoms with Gasteiger partial charge in [0.05, 0.1) is 27.3 Å². The maximum absolute atomic E-state index is 11.4. The molecule has 0 aliphatic rings. The summed E-state index contributed by atoms with van der Waals surface area (Å²) in [6, 6.07) is 12.4. The van der Waals surface area contributed by atoms with Crippen LogP contribution in [0.25, 0.3) is 16.7 Å². The van der Waals surface area contributed by atoms with Crippen molar-refractivity contribution in [3.63, 3.8) is 0 Å². The summed E-state index contributed by atoms with van der Waals surface area (Å²) in [5, 5.41) is 9.30. The van der Waals surface area contributed by atoms with Gasteiger partial charge in [0.15, 0.2) is 11.4 Å². The van der Waals surface area contributed by atoms with Crippen molar-refractivity contribution in [3.8, 4) is 5.69 Å². The van der Waals surface area contributed by atoms with Gasteiger partial charge in [0.2, 0.25) is 0 Å². The Hall–Kier alpha value is -2.96. The first kappa shape index (κ1) is 17.5. The molecule has 0 aliphatic heterocycles. The fraction of sp³-hybridized carbons (Fsp3) is 0.0526. The number of fused-ring (bicyclic) bond motifs is 1. The number of hydrogen-bond donors (Lipinski definition) is 1. The van der Waals surface area contributed by atoms with E-state index in [0.29, 0.717) is 27.1 Å². The molecular formula is C19H13Cl2N5O. The molecule has 2 heterocycles. The number of hydrogen-bond acceptors (Lipinski definition) is 5. The number of benzene rings is 2. The largest absolute Gasteiger partial charge is 0.340 e. The lowest BCUT2D eigenvalue weighted by Gasteiger charge is -2.08. The average Bonchev–Trinajstić information content (AvgIpc) is 3.10. The molecule has 134 valence electrons. The molecule has 0 saturated carbocycles. The van der Waals surface area contributed by atoms with Gasteiger partial charge >= 0.3 is 0 Å². The summed E-state index contributed by atoms with van der Waals surface area (Å²) in [5.41, 5.74) is 2.84. The molecule has 0 amide bonds. The van der Waals surface area contributed by atoms with Gasteiger partial charge in [-0.05, 0) is 49.4 Å². The lowest BCUT2D eigenvalue weighted by molar-refractivity contribution is 0.101. The van der Waals surface area contributed by atoms with E-state index < -0.39 is 0 Å². The van der Waals surface area contributed by atoms with Crippen molar-refractivity contribution in [3.05, 3.63) is 70.6 Å². The summed E-state index contributed by atoms with van der Waals surface area (Å²) >= 11 is 12.1. The Labute approximate surface area is 164 Å². The summed E-state index contributed by atoms with van der Waals surface area (Å²) in [6.07, 6.45) is 3.15. The molecule has 0 spiro atoms. The Balaban J connectivity index is 1.72. The smallest absolute Gasteiger partial charge is 0.168 e. The summed E-state index contributed by atoms with van der Waals surface area (Å²) in [5.74, 6) is 0.635. The van der Waals surface area contributed by atoms with Gasteiger partial charge in [0.1, 0.15) is 12.1 Å². The monoisotopic (exact) mass is 397 g/mol. The first-order valence-corrected chi connectivity index (χ1v) is 8.81. The standard InChI is InChI=1S/C19H13Cl2N5O/c1-11(27)12-2-4-13(5-3-12)25-18-15-9-24-26(19(15)23-10-22-18)14-6-7-16(20)17(21)8-14/h2-10H,1H3,(H,22,23,25). The summed E-state index contributed by atoms with van der Waals surface area (Å²) in [4.78, 5) is 20.0. The lowest BCUT2D eigenvalue weighted by atomic mass is 10.1. The van der Waals surface area contributed by atoms with E-state index >= 15 is 0 Å². The van der Waals surface area contributed by atoms with Crippen LogP contribution in [0.3, 0.4) is 0 Å². The van der Waals surface area contributed by atoms with Crippen LogP contribution >= 0.6 is 23.2 Å². The van der Waals surface area contributed by atoms with Gasteiger partial charge in [-0.2, -0.15) is 5.10 Å². The third-order valence-electron chi connectivity index (χ3n) is 4.07. The van der Waals surface area contributed by atoms with E-state index in [2.05, 4.69) is 20.4 Å². The first-order chi connectivity index (χ1) is 13.0. The second-order valence-corrected chi connectivity index (χ2v) is 6.69. The van der Waals surface area contributed by atoms with Crippen LogP contribution in [0.2, 0.25) is 10.0 Å². The number of aromatic nitrogens is 4.